The van der Waals surface area contributed by atoms with Gasteiger partial charge in [-0.25, -0.2) is 0 Å². The molecule has 0 fully saturated rings. The molecule has 5 rings (SSSR count). The van der Waals surface area contributed by atoms with E-state index in [9.17, 15) is 0 Å². The fourth-order valence-electron chi connectivity index (χ4n) is 3.53. The van der Waals surface area contributed by atoms with Crippen LogP contribution in [0.1, 0.15) is 25.0 Å². The average Bonchev–Trinajstić information content (AvgIpc) is 3.44. The van der Waals surface area contributed by atoms with Crippen LogP contribution in [-0.4, -0.2) is 5.43 Å². The predicted molar refractivity (Wildman–Crippen MR) is 136 cm³/mol. The molecule has 0 aliphatic carbocycles. The Bertz CT molecular complexity index is 1090. The molecular weight excluding hydrogens is 468 g/mol. The van der Waals surface area contributed by atoms with Crippen molar-refractivity contribution in [1.82, 2.24) is 0 Å². The molecule has 0 aromatic heterocycles. The standard InChI is InChI=1S/2C11H11.C7H8Si.Zr/c2*1-2-9-7-10-5-3-4-6-11(10)8-9;1-8-7-5-3-2-4-6-7;/h2*3-8H,2H2,1H3;2-6H,1H3;/q2*-1;;+2. The molecule has 0 saturated carbocycles. The first kappa shape index (κ1) is 23.6. The van der Waals surface area contributed by atoms with Gasteiger partial charge in [0, 0.05) is 0 Å². The minimum atomic E-state index is -0.122. The van der Waals surface area contributed by atoms with Crippen molar-refractivity contribution in [2.24, 2.45) is 0 Å². The summed E-state index contributed by atoms with van der Waals surface area (Å²) >= 11 is 1.69. The van der Waals surface area contributed by atoms with E-state index in [0.717, 1.165) is 12.8 Å². The molecule has 31 heavy (non-hydrogen) atoms. The van der Waals surface area contributed by atoms with Crippen LogP contribution in [0.15, 0.2) is 103 Å². The third-order valence-electron chi connectivity index (χ3n) is 5.38. The van der Waals surface area contributed by atoms with Crippen LogP contribution in [0.25, 0.3) is 21.5 Å². The maximum atomic E-state index is 2.35. The molecule has 5 aromatic rings. The quantitative estimate of drug-likeness (QED) is 0.181. The summed E-state index contributed by atoms with van der Waals surface area (Å²) in [6, 6.07) is 36.8. The van der Waals surface area contributed by atoms with Gasteiger partial charge in [-0.2, -0.15) is 12.1 Å². The molecule has 0 bridgehead atoms. The first-order valence-corrected chi connectivity index (χ1v) is 16.7. The summed E-state index contributed by atoms with van der Waals surface area (Å²) in [7, 11) is 0. The Morgan fingerprint density at radius 2 is 1.06 bits per heavy atom. The SMILES string of the molecule is CCc1cc2ccccc2[cH-]1.CCc1cc2ccccc2[cH-]1.C[Si](=[Zr+2])c1ccccc1. The molecule has 0 amide bonds. The van der Waals surface area contributed by atoms with Gasteiger partial charge in [-0.1, -0.05) is 26.0 Å². The molecule has 0 N–H and O–H groups in total. The molecule has 0 atom stereocenters. The van der Waals surface area contributed by atoms with Gasteiger partial charge in [-0.05, 0) is 12.8 Å². The van der Waals surface area contributed by atoms with Gasteiger partial charge in [0.1, 0.15) is 0 Å². The Kier molecular flexibility index (Phi) is 9.25. The van der Waals surface area contributed by atoms with E-state index in [-0.39, 0.29) is 5.43 Å². The average molecular weight is 498 g/mol. The fraction of sp³-hybridized carbons (Fsp3) is 0.172. The van der Waals surface area contributed by atoms with Gasteiger partial charge in [-0.15, -0.1) is 81.2 Å². The van der Waals surface area contributed by atoms with Crippen molar-refractivity contribution in [3.8, 4) is 0 Å². The van der Waals surface area contributed by atoms with Gasteiger partial charge in [0.25, 0.3) is 0 Å². The zero-order valence-corrected chi connectivity index (χ0v) is 22.2. The Hall–Kier alpha value is -2.02. The van der Waals surface area contributed by atoms with E-state index in [2.05, 4.69) is 124 Å². The van der Waals surface area contributed by atoms with Crippen molar-refractivity contribution in [3.05, 3.63) is 114 Å². The van der Waals surface area contributed by atoms with E-state index < -0.39 is 0 Å². The Morgan fingerprint density at radius 1 is 0.645 bits per heavy atom. The summed E-state index contributed by atoms with van der Waals surface area (Å²) in [6.45, 7) is 6.72. The van der Waals surface area contributed by atoms with Crippen molar-refractivity contribution < 1.29 is 23.3 Å². The van der Waals surface area contributed by atoms with Crippen LogP contribution in [0.2, 0.25) is 6.55 Å². The van der Waals surface area contributed by atoms with Crippen LogP contribution in [-0.2, 0) is 36.2 Å². The van der Waals surface area contributed by atoms with E-state index in [1.54, 1.807) is 28.5 Å². The molecule has 0 saturated heterocycles. The summed E-state index contributed by atoms with van der Waals surface area (Å²) in [5.74, 6) is 0. The molecule has 154 valence electrons. The van der Waals surface area contributed by atoms with Crippen molar-refractivity contribution in [3.63, 3.8) is 0 Å². The molecule has 2 heteroatoms. The summed E-state index contributed by atoms with van der Waals surface area (Å²) in [4.78, 5) is 0. The number of fused-ring (bicyclic) bond motifs is 2. The van der Waals surface area contributed by atoms with Crippen LogP contribution in [0.5, 0.6) is 0 Å². The molecular formula is C29H30SiZr. The van der Waals surface area contributed by atoms with Crippen molar-refractivity contribution in [2.45, 2.75) is 33.2 Å². The molecule has 0 nitrogen and oxygen atoms in total. The maximum absolute atomic E-state index is 2.35. The molecule has 0 heterocycles. The van der Waals surface area contributed by atoms with Gasteiger partial charge < -0.3 is 0 Å². The van der Waals surface area contributed by atoms with Gasteiger partial charge in [0.2, 0.25) is 0 Å². The van der Waals surface area contributed by atoms with Gasteiger partial charge in [-0.3, -0.25) is 0 Å². The molecule has 5 aromatic carbocycles. The van der Waals surface area contributed by atoms with Crippen LogP contribution < -0.4 is 5.19 Å². The van der Waals surface area contributed by atoms with Crippen molar-refractivity contribution in [1.29, 1.82) is 0 Å². The molecule has 0 unspecified atom stereocenters. The monoisotopic (exact) mass is 496 g/mol. The normalized spacial score (nSPS) is 10.2. The third-order valence-corrected chi connectivity index (χ3v) is 8.71. The fourth-order valence-corrected chi connectivity index (χ4v) is 5.45. The number of aryl methyl sites for hydroxylation is 2. The first-order chi connectivity index (χ1) is 15.1. The van der Waals surface area contributed by atoms with Crippen LogP contribution in [0.4, 0.5) is 0 Å². The summed E-state index contributed by atoms with van der Waals surface area (Å²) < 4.78 is 0. The Labute approximate surface area is 202 Å². The molecule has 0 radical (unpaired) electrons. The predicted octanol–water partition coefficient (Wildman–Crippen LogP) is 7.30. The van der Waals surface area contributed by atoms with Crippen LogP contribution in [0, 0.1) is 0 Å². The van der Waals surface area contributed by atoms with Crippen molar-refractivity contribution in [2.75, 3.05) is 0 Å². The van der Waals surface area contributed by atoms with Gasteiger partial charge in [0.05, 0.1) is 0 Å². The number of rotatable bonds is 3. The van der Waals surface area contributed by atoms with Crippen LogP contribution >= 0.6 is 0 Å². The summed E-state index contributed by atoms with van der Waals surface area (Å²) in [5.41, 5.74) is 2.75. The Morgan fingerprint density at radius 3 is 1.42 bits per heavy atom. The number of hydrogen-bond donors (Lipinski definition) is 0. The second-order valence-electron chi connectivity index (χ2n) is 7.68. The second-order valence-corrected chi connectivity index (χ2v) is 15.0. The number of hydrogen-bond acceptors (Lipinski definition) is 0. The van der Waals surface area contributed by atoms with Gasteiger partial charge in [0.15, 0.2) is 0 Å². The Balaban J connectivity index is 0.000000133. The molecule has 0 aliphatic heterocycles. The second kappa shape index (κ2) is 12.1. The van der Waals surface area contributed by atoms with Gasteiger partial charge >= 0.3 is 70.8 Å². The molecule has 0 aliphatic rings. The molecule has 0 spiro atoms. The van der Waals surface area contributed by atoms with E-state index in [0.29, 0.717) is 0 Å². The van der Waals surface area contributed by atoms with Crippen molar-refractivity contribution >= 4 is 32.2 Å². The topological polar surface area (TPSA) is 0 Å². The van der Waals surface area contributed by atoms with E-state index >= 15 is 0 Å². The minimum absolute atomic E-state index is 0.122. The van der Waals surface area contributed by atoms with E-state index in [1.807, 2.05) is 0 Å². The third kappa shape index (κ3) is 6.99. The summed E-state index contributed by atoms with van der Waals surface area (Å²) in [6.07, 6.45) is 2.27. The zero-order valence-electron chi connectivity index (χ0n) is 18.7. The zero-order chi connectivity index (χ0) is 22.1. The van der Waals surface area contributed by atoms with E-state index in [4.69, 9.17) is 0 Å². The summed E-state index contributed by atoms with van der Waals surface area (Å²) in [5, 5.41) is 7.02. The first-order valence-electron chi connectivity index (χ1n) is 11.0. The van der Waals surface area contributed by atoms with Crippen LogP contribution in [0.3, 0.4) is 0 Å². The van der Waals surface area contributed by atoms with E-state index in [1.165, 1.54) is 32.7 Å². The number of benzene rings is 3.